The van der Waals surface area contributed by atoms with Crippen LogP contribution in [-0.2, 0) is 0 Å². The lowest BCUT2D eigenvalue weighted by molar-refractivity contribution is 0.0774. The molecule has 3 aromatic rings. The number of hydrogen-bond acceptors (Lipinski definition) is 4. The third-order valence-corrected chi connectivity index (χ3v) is 4.93. The van der Waals surface area contributed by atoms with Crippen LogP contribution < -0.4 is 10.2 Å². The van der Waals surface area contributed by atoms with E-state index >= 15 is 0 Å². The standard InChI is InChI=1S/C23H27N5O2/c1-5-27(6-2)23(30)20-16-24-28(19-10-8-7-9-11-19)21(20)25-22(29)17-12-14-18(15-13-17)26(3)4/h7-16H,5-6H2,1-4H3,(H,25,29). The quantitative estimate of drug-likeness (QED) is 0.651. The summed E-state index contributed by atoms with van der Waals surface area (Å²) in [5.74, 6) is -0.105. The Morgan fingerprint density at radius 3 is 2.17 bits per heavy atom. The minimum absolute atomic E-state index is 0.166. The minimum atomic E-state index is -0.299. The van der Waals surface area contributed by atoms with E-state index in [1.54, 1.807) is 21.7 Å². The van der Waals surface area contributed by atoms with Gasteiger partial charge in [0, 0.05) is 38.4 Å². The number of nitrogens with one attached hydrogen (secondary N) is 1. The van der Waals surface area contributed by atoms with Gasteiger partial charge in [-0.05, 0) is 50.2 Å². The van der Waals surface area contributed by atoms with E-state index in [9.17, 15) is 9.59 Å². The van der Waals surface area contributed by atoms with Crippen LogP contribution in [0.1, 0.15) is 34.6 Å². The molecule has 3 rings (SSSR count). The summed E-state index contributed by atoms with van der Waals surface area (Å²) in [5, 5.41) is 7.30. The number of para-hydroxylation sites is 1. The minimum Gasteiger partial charge on any atom is -0.378 e. The first-order chi connectivity index (χ1) is 14.5. The van der Waals surface area contributed by atoms with Gasteiger partial charge < -0.3 is 15.1 Å². The molecule has 1 aromatic heterocycles. The molecule has 7 heteroatoms. The van der Waals surface area contributed by atoms with Gasteiger partial charge in [0.25, 0.3) is 11.8 Å². The molecule has 0 saturated carbocycles. The predicted octanol–water partition coefficient (Wildman–Crippen LogP) is 3.67. The maximum atomic E-state index is 13.0. The number of rotatable bonds is 7. The maximum absolute atomic E-state index is 13.0. The van der Waals surface area contributed by atoms with Gasteiger partial charge in [-0.15, -0.1) is 0 Å². The molecule has 1 N–H and O–H groups in total. The van der Waals surface area contributed by atoms with E-state index in [-0.39, 0.29) is 11.8 Å². The van der Waals surface area contributed by atoms with Crippen LogP contribution in [0.4, 0.5) is 11.5 Å². The molecule has 0 unspecified atom stereocenters. The maximum Gasteiger partial charge on any atom is 0.259 e. The number of carbonyl (C=O) groups is 2. The van der Waals surface area contributed by atoms with Crippen LogP contribution in [0.5, 0.6) is 0 Å². The highest BCUT2D eigenvalue weighted by molar-refractivity contribution is 6.08. The van der Waals surface area contributed by atoms with E-state index in [4.69, 9.17) is 0 Å². The van der Waals surface area contributed by atoms with Gasteiger partial charge in [0.2, 0.25) is 0 Å². The van der Waals surface area contributed by atoms with Crippen molar-refractivity contribution in [3.05, 3.63) is 71.9 Å². The van der Waals surface area contributed by atoms with Crippen LogP contribution in [-0.4, -0.2) is 53.7 Å². The largest absolute Gasteiger partial charge is 0.378 e. The summed E-state index contributed by atoms with van der Waals surface area (Å²) >= 11 is 0. The van der Waals surface area contributed by atoms with E-state index in [1.165, 1.54) is 6.20 Å². The number of benzene rings is 2. The highest BCUT2D eigenvalue weighted by Crippen LogP contribution is 2.23. The Kier molecular flexibility index (Phi) is 6.51. The summed E-state index contributed by atoms with van der Waals surface area (Å²) in [6.45, 7) is 5.00. The molecule has 2 aromatic carbocycles. The van der Waals surface area contributed by atoms with Gasteiger partial charge in [0.05, 0.1) is 11.9 Å². The molecule has 7 nitrogen and oxygen atoms in total. The molecule has 0 aliphatic carbocycles. The molecule has 0 aliphatic heterocycles. The first-order valence-corrected chi connectivity index (χ1v) is 9.97. The van der Waals surface area contributed by atoms with Crippen molar-refractivity contribution in [1.82, 2.24) is 14.7 Å². The second-order valence-corrected chi connectivity index (χ2v) is 7.03. The van der Waals surface area contributed by atoms with Crippen LogP contribution in [0.3, 0.4) is 0 Å². The van der Waals surface area contributed by atoms with Crippen molar-refractivity contribution in [2.24, 2.45) is 0 Å². The first-order valence-electron chi connectivity index (χ1n) is 9.97. The summed E-state index contributed by atoms with van der Waals surface area (Å²) in [5.41, 5.74) is 2.62. The van der Waals surface area contributed by atoms with E-state index in [2.05, 4.69) is 10.4 Å². The molecule has 0 radical (unpaired) electrons. The lowest BCUT2D eigenvalue weighted by Gasteiger charge is -2.19. The fraction of sp³-hybridized carbons (Fsp3) is 0.261. The smallest absolute Gasteiger partial charge is 0.259 e. The second-order valence-electron chi connectivity index (χ2n) is 7.03. The first kappa shape index (κ1) is 21.1. The zero-order valence-electron chi connectivity index (χ0n) is 17.8. The summed E-state index contributed by atoms with van der Waals surface area (Å²) < 4.78 is 1.59. The Hall–Kier alpha value is -3.61. The van der Waals surface area contributed by atoms with Crippen LogP contribution in [0.2, 0.25) is 0 Å². The SMILES string of the molecule is CCN(CC)C(=O)c1cnn(-c2ccccc2)c1NC(=O)c1ccc(N(C)C)cc1. The molecular weight excluding hydrogens is 378 g/mol. The monoisotopic (exact) mass is 405 g/mol. The van der Waals surface area contributed by atoms with Gasteiger partial charge in [-0.1, -0.05) is 18.2 Å². The number of hydrogen-bond donors (Lipinski definition) is 1. The normalized spacial score (nSPS) is 10.5. The Morgan fingerprint density at radius 1 is 0.967 bits per heavy atom. The average Bonchev–Trinajstić information content (AvgIpc) is 3.18. The predicted molar refractivity (Wildman–Crippen MR) is 120 cm³/mol. The highest BCUT2D eigenvalue weighted by Gasteiger charge is 2.23. The van der Waals surface area contributed by atoms with Gasteiger partial charge in [-0.3, -0.25) is 9.59 Å². The van der Waals surface area contributed by atoms with Crippen molar-refractivity contribution in [1.29, 1.82) is 0 Å². The van der Waals surface area contributed by atoms with Crippen molar-refractivity contribution in [3.63, 3.8) is 0 Å². The molecule has 0 aliphatic rings. The van der Waals surface area contributed by atoms with Crippen molar-refractivity contribution in [2.45, 2.75) is 13.8 Å². The summed E-state index contributed by atoms with van der Waals surface area (Å²) in [7, 11) is 3.89. The molecule has 0 atom stereocenters. The van der Waals surface area contributed by atoms with Crippen LogP contribution in [0.25, 0.3) is 5.69 Å². The fourth-order valence-corrected chi connectivity index (χ4v) is 3.16. The molecule has 0 saturated heterocycles. The molecule has 30 heavy (non-hydrogen) atoms. The molecule has 0 fully saturated rings. The average molecular weight is 406 g/mol. The van der Waals surface area contributed by atoms with Crippen LogP contribution >= 0.6 is 0 Å². The van der Waals surface area contributed by atoms with Crippen LogP contribution in [0.15, 0.2) is 60.8 Å². The summed E-state index contributed by atoms with van der Waals surface area (Å²) in [6, 6.07) is 16.7. The number of nitrogens with zero attached hydrogens (tertiary/aromatic N) is 4. The van der Waals surface area contributed by atoms with E-state index in [1.807, 2.05) is 75.3 Å². The Morgan fingerprint density at radius 2 is 1.60 bits per heavy atom. The van der Waals surface area contributed by atoms with Gasteiger partial charge in [0.15, 0.2) is 0 Å². The lowest BCUT2D eigenvalue weighted by atomic mass is 10.2. The Balaban J connectivity index is 1.99. The molecule has 156 valence electrons. The van der Waals surface area contributed by atoms with Gasteiger partial charge in [-0.25, -0.2) is 4.68 Å². The molecule has 2 amide bonds. The van der Waals surface area contributed by atoms with Gasteiger partial charge in [0.1, 0.15) is 11.4 Å². The van der Waals surface area contributed by atoms with Crippen molar-refractivity contribution in [2.75, 3.05) is 37.4 Å². The van der Waals surface area contributed by atoms with E-state index < -0.39 is 0 Å². The molecular formula is C23H27N5O2. The fourth-order valence-electron chi connectivity index (χ4n) is 3.16. The Labute approximate surface area is 176 Å². The van der Waals surface area contributed by atoms with E-state index in [0.717, 1.165) is 11.4 Å². The zero-order chi connectivity index (χ0) is 21.7. The molecule has 0 spiro atoms. The second kappa shape index (κ2) is 9.26. The number of carbonyl (C=O) groups excluding carboxylic acids is 2. The molecule has 1 heterocycles. The third-order valence-electron chi connectivity index (χ3n) is 4.93. The molecule has 0 bridgehead atoms. The summed E-state index contributed by atoms with van der Waals surface area (Å²) in [6.07, 6.45) is 1.51. The van der Waals surface area contributed by atoms with E-state index in [0.29, 0.717) is 30.0 Å². The van der Waals surface area contributed by atoms with Crippen molar-refractivity contribution < 1.29 is 9.59 Å². The van der Waals surface area contributed by atoms with Gasteiger partial charge in [-0.2, -0.15) is 5.10 Å². The number of anilines is 2. The zero-order valence-corrected chi connectivity index (χ0v) is 17.8. The Bertz CT molecular complexity index is 1010. The highest BCUT2D eigenvalue weighted by atomic mass is 16.2. The van der Waals surface area contributed by atoms with Crippen molar-refractivity contribution >= 4 is 23.3 Å². The topological polar surface area (TPSA) is 70.5 Å². The number of aromatic nitrogens is 2. The van der Waals surface area contributed by atoms with Crippen molar-refractivity contribution in [3.8, 4) is 5.69 Å². The van der Waals surface area contributed by atoms with Gasteiger partial charge >= 0.3 is 0 Å². The van der Waals surface area contributed by atoms with Crippen LogP contribution in [0, 0.1) is 0 Å². The summed E-state index contributed by atoms with van der Waals surface area (Å²) in [4.78, 5) is 29.7. The third kappa shape index (κ3) is 4.35. The number of amides is 2. The lowest BCUT2D eigenvalue weighted by Crippen LogP contribution is -2.31.